The second-order valence-electron chi connectivity index (χ2n) is 4.81. The van der Waals surface area contributed by atoms with E-state index in [1.165, 1.54) is 0 Å². The Morgan fingerprint density at radius 1 is 1.10 bits per heavy atom. The Morgan fingerprint density at radius 2 is 1.70 bits per heavy atom. The third-order valence-corrected chi connectivity index (χ3v) is 3.21. The Kier molecular flexibility index (Phi) is 3.19. The van der Waals surface area contributed by atoms with Crippen molar-refractivity contribution in [2.24, 2.45) is 0 Å². The summed E-state index contributed by atoms with van der Waals surface area (Å²) in [7, 11) is 0. The van der Waals surface area contributed by atoms with Crippen molar-refractivity contribution in [3.05, 3.63) is 17.7 Å². The first-order chi connectivity index (χ1) is 9.61. The number of rotatable bonds is 2. The number of benzene rings is 1. The number of ether oxygens (including phenoxy) is 2. The molecule has 1 aromatic carbocycles. The molecule has 7 nitrogen and oxygen atoms in total. The van der Waals surface area contributed by atoms with Gasteiger partial charge in [0.15, 0.2) is 11.5 Å². The minimum atomic E-state index is -0.294. The van der Waals surface area contributed by atoms with E-state index in [4.69, 9.17) is 15.2 Å². The van der Waals surface area contributed by atoms with Crippen LogP contribution in [0.4, 0.5) is 5.69 Å². The summed E-state index contributed by atoms with van der Waals surface area (Å²) in [6.45, 7) is 1.79. The molecule has 0 unspecified atom stereocenters. The molecule has 1 saturated heterocycles. The lowest BCUT2D eigenvalue weighted by Gasteiger charge is -2.26. The number of carbonyl (C=O) groups excluding carboxylic acids is 2. The standard InChI is InChI=1S/C13H15N3O4/c14-9-4-11-10(19-1-2-20-11)3-8(9)5-16-6-12(17)15-13(18)7-16/h3-4H,1-2,5-7,14H2,(H,15,17,18). The minimum Gasteiger partial charge on any atom is -0.486 e. The van der Waals surface area contributed by atoms with Gasteiger partial charge in [0.25, 0.3) is 0 Å². The highest BCUT2D eigenvalue weighted by Gasteiger charge is 2.24. The van der Waals surface area contributed by atoms with Crippen molar-refractivity contribution in [1.82, 2.24) is 10.2 Å². The zero-order chi connectivity index (χ0) is 14.1. The molecule has 0 bridgehead atoms. The number of imide groups is 1. The highest BCUT2D eigenvalue weighted by molar-refractivity contribution is 5.99. The van der Waals surface area contributed by atoms with Crippen molar-refractivity contribution < 1.29 is 19.1 Å². The van der Waals surface area contributed by atoms with Gasteiger partial charge in [0.1, 0.15) is 13.2 Å². The maximum absolute atomic E-state index is 11.3. The van der Waals surface area contributed by atoms with Crippen molar-refractivity contribution in [3.8, 4) is 11.5 Å². The van der Waals surface area contributed by atoms with Gasteiger partial charge in [-0.1, -0.05) is 0 Å². The Morgan fingerprint density at radius 3 is 2.35 bits per heavy atom. The normalized spacial score (nSPS) is 18.8. The fourth-order valence-electron chi connectivity index (χ4n) is 2.33. The fourth-order valence-corrected chi connectivity index (χ4v) is 2.33. The van der Waals surface area contributed by atoms with E-state index in [0.29, 0.717) is 36.9 Å². The molecule has 3 rings (SSSR count). The second kappa shape index (κ2) is 5.01. The number of fused-ring (bicyclic) bond motifs is 1. The molecule has 3 N–H and O–H groups in total. The largest absolute Gasteiger partial charge is 0.486 e. The predicted octanol–water partition coefficient (Wildman–Crippen LogP) is -0.502. The highest BCUT2D eigenvalue weighted by Crippen LogP contribution is 2.34. The average Bonchev–Trinajstić information content (AvgIpc) is 2.38. The molecule has 20 heavy (non-hydrogen) atoms. The number of amides is 2. The highest BCUT2D eigenvalue weighted by atomic mass is 16.6. The zero-order valence-corrected chi connectivity index (χ0v) is 10.8. The van der Waals surface area contributed by atoms with E-state index < -0.39 is 0 Å². The molecule has 106 valence electrons. The van der Waals surface area contributed by atoms with Gasteiger partial charge in [0.05, 0.1) is 13.1 Å². The van der Waals surface area contributed by atoms with Crippen molar-refractivity contribution in [3.63, 3.8) is 0 Å². The van der Waals surface area contributed by atoms with Gasteiger partial charge >= 0.3 is 0 Å². The van der Waals surface area contributed by atoms with Gasteiger partial charge in [-0.2, -0.15) is 0 Å². The first-order valence-corrected chi connectivity index (χ1v) is 6.35. The van der Waals surface area contributed by atoms with Crippen molar-refractivity contribution >= 4 is 17.5 Å². The summed E-state index contributed by atoms with van der Waals surface area (Å²) >= 11 is 0. The maximum atomic E-state index is 11.3. The number of anilines is 1. The van der Waals surface area contributed by atoms with Crippen LogP contribution in [0.25, 0.3) is 0 Å². The van der Waals surface area contributed by atoms with Crippen LogP contribution in [0.15, 0.2) is 12.1 Å². The topological polar surface area (TPSA) is 93.9 Å². The van der Waals surface area contributed by atoms with Crippen LogP contribution in [0.1, 0.15) is 5.56 Å². The van der Waals surface area contributed by atoms with E-state index in [-0.39, 0.29) is 24.9 Å². The number of hydrogen-bond acceptors (Lipinski definition) is 6. The molecule has 2 amide bonds. The molecule has 1 fully saturated rings. The number of nitrogens with two attached hydrogens (primary N) is 1. The van der Waals surface area contributed by atoms with Gasteiger partial charge < -0.3 is 15.2 Å². The van der Waals surface area contributed by atoms with Crippen LogP contribution in [-0.2, 0) is 16.1 Å². The number of piperazine rings is 1. The van der Waals surface area contributed by atoms with Crippen molar-refractivity contribution in [2.75, 3.05) is 32.0 Å². The summed E-state index contributed by atoms with van der Waals surface area (Å²) in [5, 5.41) is 2.26. The smallest absolute Gasteiger partial charge is 0.240 e. The number of nitrogens with one attached hydrogen (secondary N) is 1. The third-order valence-electron chi connectivity index (χ3n) is 3.21. The number of nitrogen functional groups attached to an aromatic ring is 1. The Hall–Kier alpha value is -2.28. The van der Waals surface area contributed by atoms with E-state index in [0.717, 1.165) is 5.56 Å². The molecule has 0 aliphatic carbocycles. The summed E-state index contributed by atoms with van der Waals surface area (Å²) in [4.78, 5) is 24.4. The van der Waals surface area contributed by atoms with E-state index in [9.17, 15) is 9.59 Å². The van der Waals surface area contributed by atoms with Crippen LogP contribution in [0, 0.1) is 0 Å². The molecule has 0 aromatic heterocycles. The predicted molar refractivity (Wildman–Crippen MR) is 70.3 cm³/mol. The lowest BCUT2D eigenvalue weighted by atomic mass is 10.1. The van der Waals surface area contributed by atoms with Gasteiger partial charge in [-0.05, 0) is 11.6 Å². The molecule has 2 heterocycles. The Balaban J connectivity index is 1.80. The quantitative estimate of drug-likeness (QED) is 0.559. The Bertz CT molecular complexity index is 557. The zero-order valence-electron chi connectivity index (χ0n) is 10.8. The fraction of sp³-hybridized carbons (Fsp3) is 0.385. The monoisotopic (exact) mass is 277 g/mol. The molecular weight excluding hydrogens is 262 g/mol. The van der Waals surface area contributed by atoms with Crippen LogP contribution in [0.2, 0.25) is 0 Å². The first kappa shape index (κ1) is 12.7. The lowest BCUT2D eigenvalue weighted by molar-refractivity contribution is -0.136. The molecule has 0 atom stereocenters. The molecule has 0 radical (unpaired) electrons. The summed E-state index contributed by atoms with van der Waals surface area (Å²) in [6, 6.07) is 3.52. The van der Waals surface area contributed by atoms with E-state index in [1.807, 2.05) is 0 Å². The number of hydrogen-bond donors (Lipinski definition) is 2. The second-order valence-corrected chi connectivity index (χ2v) is 4.81. The number of nitrogens with zero attached hydrogens (tertiary/aromatic N) is 1. The van der Waals surface area contributed by atoms with Crippen LogP contribution in [-0.4, -0.2) is 43.0 Å². The molecule has 2 aliphatic rings. The van der Waals surface area contributed by atoms with Crippen LogP contribution in [0.3, 0.4) is 0 Å². The average molecular weight is 277 g/mol. The van der Waals surface area contributed by atoms with Gasteiger partial charge in [-0.15, -0.1) is 0 Å². The summed E-state index contributed by atoms with van der Waals surface area (Å²) in [5.74, 6) is 0.688. The van der Waals surface area contributed by atoms with Gasteiger partial charge in [0, 0.05) is 18.3 Å². The van der Waals surface area contributed by atoms with Gasteiger partial charge in [-0.25, -0.2) is 0 Å². The molecule has 0 spiro atoms. The SMILES string of the molecule is Nc1cc2c(cc1CN1CC(=O)NC(=O)C1)OCCO2. The Labute approximate surface area is 115 Å². The first-order valence-electron chi connectivity index (χ1n) is 6.35. The number of carbonyl (C=O) groups is 2. The molecule has 2 aliphatic heterocycles. The van der Waals surface area contributed by atoms with Crippen LogP contribution < -0.4 is 20.5 Å². The van der Waals surface area contributed by atoms with Crippen molar-refractivity contribution in [1.29, 1.82) is 0 Å². The van der Waals surface area contributed by atoms with E-state index in [1.54, 1.807) is 17.0 Å². The lowest BCUT2D eigenvalue weighted by Crippen LogP contribution is -2.50. The molecule has 7 heteroatoms. The van der Waals surface area contributed by atoms with Gasteiger partial charge in [-0.3, -0.25) is 19.8 Å². The van der Waals surface area contributed by atoms with Crippen molar-refractivity contribution in [2.45, 2.75) is 6.54 Å². The van der Waals surface area contributed by atoms with E-state index >= 15 is 0 Å². The van der Waals surface area contributed by atoms with Gasteiger partial charge in [0.2, 0.25) is 11.8 Å². The molecule has 0 saturated carbocycles. The summed E-state index contributed by atoms with van der Waals surface area (Å²) in [5.41, 5.74) is 7.36. The molecule has 1 aromatic rings. The van der Waals surface area contributed by atoms with Crippen LogP contribution in [0.5, 0.6) is 11.5 Å². The third kappa shape index (κ3) is 2.53. The van der Waals surface area contributed by atoms with Crippen LogP contribution >= 0.6 is 0 Å². The van der Waals surface area contributed by atoms with E-state index in [2.05, 4.69) is 5.32 Å². The maximum Gasteiger partial charge on any atom is 0.240 e. The summed E-state index contributed by atoms with van der Waals surface area (Å²) < 4.78 is 11.0. The minimum absolute atomic E-state index is 0.180. The summed E-state index contributed by atoms with van der Waals surface area (Å²) in [6.07, 6.45) is 0. The molecular formula is C13H15N3O4.